The summed E-state index contributed by atoms with van der Waals surface area (Å²) in [6.07, 6.45) is 2.44. The van der Waals surface area contributed by atoms with Crippen molar-refractivity contribution in [1.29, 1.82) is 0 Å². The number of rotatable bonds is 6. The maximum absolute atomic E-state index is 12.0. The van der Waals surface area contributed by atoms with Gasteiger partial charge in [-0.1, -0.05) is 17.8 Å². The lowest BCUT2D eigenvalue weighted by atomic mass is 10.1. The van der Waals surface area contributed by atoms with Gasteiger partial charge in [0.05, 0.1) is 11.4 Å². The average Bonchev–Trinajstić information content (AvgIpc) is 3.27. The number of tetrazole rings is 1. The van der Waals surface area contributed by atoms with Crippen LogP contribution in [0.25, 0.3) is 5.69 Å². The number of benzene rings is 1. The van der Waals surface area contributed by atoms with Gasteiger partial charge in [-0.3, -0.25) is 4.79 Å². The number of carbonyl (C=O) groups is 1. The maximum Gasteiger partial charge on any atom is 0.230 e. The van der Waals surface area contributed by atoms with Crippen LogP contribution in [-0.2, 0) is 4.79 Å². The van der Waals surface area contributed by atoms with Gasteiger partial charge in [-0.25, -0.2) is 0 Å². The molecule has 1 N–H and O–H groups in total. The second-order valence-corrected chi connectivity index (χ2v) is 7.07. The predicted octanol–water partition coefficient (Wildman–Crippen LogP) is 2.29. The number of nitrogens with one attached hydrogen (secondary N) is 1. The highest BCUT2D eigenvalue weighted by atomic mass is 32.2. The summed E-state index contributed by atoms with van der Waals surface area (Å²) >= 11 is 1.36. The second kappa shape index (κ2) is 6.70. The van der Waals surface area contributed by atoms with Crippen LogP contribution < -0.4 is 5.32 Å². The third-order valence-corrected chi connectivity index (χ3v) is 5.15. The van der Waals surface area contributed by atoms with Crippen molar-refractivity contribution in [1.82, 2.24) is 25.5 Å². The first-order chi connectivity index (χ1) is 11.0. The highest BCUT2D eigenvalue weighted by Gasteiger charge is 2.28. The molecule has 1 saturated carbocycles. The van der Waals surface area contributed by atoms with Crippen molar-refractivity contribution in [3.05, 3.63) is 29.3 Å². The number of aryl methyl sites for hydroxylation is 2. The van der Waals surface area contributed by atoms with Crippen LogP contribution in [0, 0.1) is 19.8 Å². The third kappa shape index (κ3) is 3.90. The minimum Gasteiger partial charge on any atom is -0.353 e. The van der Waals surface area contributed by atoms with E-state index in [1.54, 1.807) is 4.68 Å². The lowest BCUT2D eigenvalue weighted by molar-refractivity contribution is -0.119. The van der Waals surface area contributed by atoms with E-state index in [4.69, 9.17) is 0 Å². The van der Waals surface area contributed by atoms with Crippen molar-refractivity contribution < 1.29 is 4.79 Å². The van der Waals surface area contributed by atoms with Crippen LogP contribution in [0.1, 0.15) is 30.9 Å². The standard InChI is InChI=1S/C16H21N5OS/c1-10-4-7-14(8-11(10)2)21-16(18-19-20-21)23-9-15(22)17-12(3)13-5-6-13/h4,7-8,12-13H,5-6,9H2,1-3H3,(H,17,22)/t12-/m0/s1. The van der Waals surface area contributed by atoms with Crippen molar-refractivity contribution >= 4 is 17.7 Å². The third-order valence-electron chi connectivity index (χ3n) is 4.23. The molecule has 122 valence electrons. The van der Waals surface area contributed by atoms with Gasteiger partial charge in [-0.05, 0) is 73.2 Å². The molecule has 3 rings (SSSR count). The molecule has 1 fully saturated rings. The summed E-state index contributed by atoms with van der Waals surface area (Å²) in [5.41, 5.74) is 3.32. The van der Waals surface area contributed by atoms with Crippen LogP contribution in [0.5, 0.6) is 0 Å². The molecule has 0 radical (unpaired) electrons. The minimum atomic E-state index is 0.0315. The van der Waals surface area contributed by atoms with Gasteiger partial charge in [0.1, 0.15) is 0 Å². The predicted molar refractivity (Wildman–Crippen MR) is 89.7 cm³/mol. The second-order valence-electron chi connectivity index (χ2n) is 6.12. The molecule has 0 bridgehead atoms. The quantitative estimate of drug-likeness (QED) is 0.822. The number of carbonyl (C=O) groups excluding carboxylic acids is 1. The fraction of sp³-hybridized carbons (Fsp3) is 0.500. The molecule has 1 amide bonds. The van der Waals surface area contributed by atoms with Crippen molar-refractivity contribution in [2.75, 3.05) is 5.75 Å². The van der Waals surface area contributed by atoms with Crippen LogP contribution in [0.3, 0.4) is 0 Å². The zero-order valence-electron chi connectivity index (χ0n) is 13.6. The molecule has 1 aromatic heterocycles. The van der Waals surface area contributed by atoms with E-state index in [0.29, 0.717) is 16.8 Å². The van der Waals surface area contributed by atoms with Crippen molar-refractivity contribution in [2.24, 2.45) is 5.92 Å². The van der Waals surface area contributed by atoms with Gasteiger partial charge in [-0.2, -0.15) is 4.68 Å². The number of hydrogen-bond donors (Lipinski definition) is 1. The van der Waals surface area contributed by atoms with E-state index in [-0.39, 0.29) is 11.9 Å². The highest BCUT2D eigenvalue weighted by Crippen LogP contribution is 2.32. The van der Waals surface area contributed by atoms with Crippen molar-refractivity contribution in [3.63, 3.8) is 0 Å². The first kappa shape index (κ1) is 16.0. The van der Waals surface area contributed by atoms with E-state index >= 15 is 0 Å². The Labute approximate surface area is 140 Å². The monoisotopic (exact) mass is 331 g/mol. The summed E-state index contributed by atoms with van der Waals surface area (Å²) in [7, 11) is 0. The Morgan fingerprint density at radius 1 is 1.39 bits per heavy atom. The highest BCUT2D eigenvalue weighted by molar-refractivity contribution is 7.99. The molecule has 0 saturated heterocycles. The summed E-state index contributed by atoms with van der Waals surface area (Å²) in [5.74, 6) is 1.01. The van der Waals surface area contributed by atoms with E-state index in [2.05, 4.69) is 41.6 Å². The SMILES string of the molecule is Cc1ccc(-n2nnnc2SCC(=O)N[C@@H](C)C2CC2)cc1C. The largest absolute Gasteiger partial charge is 0.353 e. The first-order valence-electron chi connectivity index (χ1n) is 7.83. The zero-order chi connectivity index (χ0) is 16.4. The fourth-order valence-corrected chi connectivity index (χ4v) is 3.13. The summed E-state index contributed by atoms with van der Waals surface area (Å²) in [4.78, 5) is 12.0. The molecule has 1 heterocycles. The van der Waals surface area contributed by atoms with Gasteiger partial charge in [-0.15, -0.1) is 5.10 Å². The zero-order valence-corrected chi connectivity index (χ0v) is 14.4. The lowest BCUT2D eigenvalue weighted by Crippen LogP contribution is -2.35. The molecule has 23 heavy (non-hydrogen) atoms. The minimum absolute atomic E-state index is 0.0315. The number of thioether (sulfide) groups is 1. The molecule has 2 aromatic rings. The molecule has 7 heteroatoms. The van der Waals surface area contributed by atoms with Gasteiger partial charge >= 0.3 is 0 Å². The van der Waals surface area contributed by atoms with E-state index in [1.165, 1.54) is 35.7 Å². The Hall–Kier alpha value is -1.89. The van der Waals surface area contributed by atoms with E-state index in [0.717, 1.165) is 5.69 Å². The molecular weight excluding hydrogens is 310 g/mol. The topological polar surface area (TPSA) is 72.7 Å². The summed E-state index contributed by atoms with van der Waals surface area (Å²) in [5, 5.41) is 15.5. The molecule has 6 nitrogen and oxygen atoms in total. The van der Waals surface area contributed by atoms with Crippen molar-refractivity contribution in [3.8, 4) is 5.69 Å². The average molecular weight is 331 g/mol. The normalized spacial score (nSPS) is 15.4. The molecular formula is C16H21N5OS. The summed E-state index contributed by atoms with van der Waals surface area (Å²) in [6, 6.07) is 6.34. The Morgan fingerprint density at radius 3 is 2.87 bits per heavy atom. The Kier molecular flexibility index (Phi) is 4.66. The summed E-state index contributed by atoms with van der Waals surface area (Å²) in [6.45, 7) is 6.20. The van der Waals surface area contributed by atoms with Crippen molar-refractivity contribution in [2.45, 2.75) is 44.8 Å². The van der Waals surface area contributed by atoms with E-state index in [9.17, 15) is 4.79 Å². The smallest absolute Gasteiger partial charge is 0.230 e. The van der Waals surface area contributed by atoms with Crippen LogP contribution in [0.15, 0.2) is 23.4 Å². The van der Waals surface area contributed by atoms with Gasteiger partial charge < -0.3 is 5.32 Å². The molecule has 1 atom stereocenters. The van der Waals surface area contributed by atoms with Gasteiger partial charge in [0.25, 0.3) is 0 Å². The Bertz CT molecular complexity index is 710. The number of hydrogen-bond acceptors (Lipinski definition) is 5. The molecule has 0 aliphatic heterocycles. The molecule has 0 unspecified atom stereocenters. The number of aromatic nitrogens is 4. The van der Waals surface area contributed by atoms with Crippen LogP contribution in [0.2, 0.25) is 0 Å². The van der Waals surface area contributed by atoms with E-state index in [1.807, 2.05) is 18.2 Å². The van der Waals surface area contributed by atoms with Gasteiger partial charge in [0.15, 0.2) is 0 Å². The molecule has 1 aromatic carbocycles. The summed E-state index contributed by atoms with van der Waals surface area (Å²) < 4.78 is 1.68. The Balaban J connectivity index is 1.63. The maximum atomic E-state index is 12.0. The molecule has 1 aliphatic rings. The lowest BCUT2D eigenvalue weighted by Gasteiger charge is -2.12. The van der Waals surface area contributed by atoms with E-state index < -0.39 is 0 Å². The fourth-order valence-electron chi connectivity index (χ4n) is 2.43. The van der Waals surface area contributed by atoms with Crippen LogP contribution in [0.4, 0.5) is 0 Å². The Morgan fingerprint density at radius 2 is 2.17 bits per heavy atom. The van der Waals surface area contributed by atoms with Gasteiger partial charge in [0, 0.05) is 6.04 Å². The van der Waals surface area contributed by atoms with Crippen LogP contribution in [-0.4, -0.2) is 37.9 Å². The first-order valence-corrected chi connectivity index (χ1v) is 8.81. The molecule has 1 aliphatic carbocycles. The molecule has 0 spiro atoms. The number of nitrogens with zero attached hydrogens (tertiary/aromatic N) is 4. The van der Waals surface area contributed by atoms with Gasteiger partial charge in [0.2, 0.25) is 11.1 Å². The number of amides is 1. The van der Waals surface area contributed by atoms with Crippen LogP contribution >= 0.6 is 11.8 Å².